The lowest BCUT2D eigenvalue weighted by molar-refractivity contribution is -0.118. The number of rotatable bonds is 12. The summed E-state index contributed by atoms with van der Waals surface area (Å²) in [6.45, 7) is 2.80. The van der Waals surface area contributed by atoms with E-state index in [0.29, 0.717) is 6.54 Å². The molecule has 0 heterocycles. The van der Waals surface area contributed by atoms with Crippen molar-refractivity contribution in [3.63, 3.8) is 0 Å². The summed E-state index contributed by atoms with van der Waals surface area (Å²) in [4.78, 5) is 23.1. The summed E-state index contributed by atoms with van der Waals surface area (Å²) in [6, 6.07) is 9.56. The van der Waals surface area contributed by atoms with Gasteiger partial charge in [-0.1, -0.05) is 68.7 Å². The zero-order valence-electron chi connectivity index (χ0n) is 15.2. The predicted octanol–water partition coefficient (Wildman–Crippen LogP) is 3.30. The zero-order chi connectivity index (χ0) is 18.3. The third-order valence-corrected chi connectivity index (χ3v) is 3.86. The van der Waals surface area contributed by atoms with Crippen LogP contribution in [0.15, 0.2) is 42.5 Å². The number of amides is 3. The van der Waals surface area contributed by atoms with Gasteiger partial charge in [0.2, 0.25) is 5.91 Å². The minimum absolute atomic E-state index is 0.102. The molecule has 0 aromatic heterocycles. The fraction of sp³-hybridized carbons (Fsp3) is 0.500. The Morgan fingerprint density at radius 1 is 1.16 bits per heavy atom. The topological polar surface area (TPSA) is 84.2 Å². The van der Waals surface area contributed by atoms with Gasteiger partial charge in [-0.3, -0.25) is 4.79 Å². The first-order valence-corrected chi connectivity index (χ1v) is 9.15. The number of carbonyl (C=O) groups excluding carboxylic acids is 2. The number of carbonyl (C=O) groups is 2. The van der Waals surface area contributed by atoms with E-state index in [1.54, 1.807) is 0 Å². The molecule has 5 heteroatoms. The zero-order valence-corrected chi connectivity index (χ0v) is 15.2. The second kappa shape index (κ2) is 13.0. The Balaban J connectivity index is 2.35. The Bertz CT molecular complexity index is 529. The maximum absolute atomic E-state index is 11.9. The van der Waals surface area contributed by atoms with E-state index < -0.39 is 5.91 Å². The van der Waals surface area contributed by atoms with Gasteiger partial charge in [0.15, 0.2) is 0 Å². The molecule has 0 saturated heterocycles. The highest BCUT2D eigenvalue weighted by Gasteiger charge is 2.11. The molecule has 4 N–H and O–H groups in total. The van der Waals surface area contributed by atoms with Crippen molar-refractivity contribution in [2.45, 2.75) is 57.9 Å². The number of aryl methyl sites for hydroxylation is 1. The van der Waals surface area contributed by atoms with Crippen LogP contribution < -0.4 is 16.4 Å². The Hall–Kier alpha value is -2.30. The summed E-state index contributed by atoms with van der Waals surface area (Å²) in [6.07, 6.45) is 10.1. The van der Waals surface area contributed by atoms with Crippen molar-refractivity contribution in [1.29, 1.82) is 0 Å². The minimum Gasteiger partial charge on any atom is -0.370 e. The van der Waals surface area contributed by atoms with E-state index in [0.717, 1.165) is 25.7 Å². The smallest absolute Gasteiger partial charge is 0.315 e. The molecule has 25 heavy (non-hydrogen) atoms. The quantitative estimate of drug-likeness (QED) is 0.401. The van der Waals surface area contributed by atoms with Crippen molar-refractivity contribution in [1.82, 2.24) is 10.6 Å². The Labute approximate surface area is 151 Å². The Morgan fingerprint density at radius 2 is 1.92 bits per heavy atom. The fourth-order valence-corrected chi connectivity index (χ4v) is 2.51. The Morgan fingerprint density at radius 3 is 2.60 bits per heavy atom. The molecule has 0 saturated carbocycles. The number of urea groups is 1. The number of allylic oxidation sites excluding steroid dienone is 1. The van der Waals surface area contributed by atoms with E-state index in [4.69, 9.17) is 5.73 Å². The van der Waals surface area contributed by atoms with Gasteiger partial charge in [0.25, 0.3) is 0 Å². The molecule has 0 aliphatic heterocycles. The lowest BCUT2D eigenvalue weighted by atomic mass is 10.1. The van der Waals surface area contributed by atoms with Crippen LogP contribution in [0.25, 0.3) is 0 Å². The summed E-state index contributed by atoms with van der Waals surface area (Å²) in [7, 11) is 0. The molecule has 1 aromatic carbocycles. The monoisotopic (exact) mass is 345 g/mol. The van der Waals surface area contributed by atoms with Gasteiger partial charge in [0.1, 0.15) is 0 Å². The van der Waals surface area contributed by atoms with E-state index in [-0.39, 0.29) is 18.5 Å². The van der Waals surface area contributed by atoms with Gasteiger partial charge < -0.3 is 16.4 Å². The van der Waals surface area contributed by atoms with Crippen molar-refractivity contribution in [2.24, 2.45) is 5.73 Å². The molecule has 138 valence electrons. The minimum atomic E-state index is -0.430. The van der Waals surface area contributed by atoms with E-state index in [1.165, 1.54) is 18.4 Å². The molecule has 0 spiro atoms. The van der Waals surface area contributed by atoms with Crippen LogP contribution in [0.5, 0.6) is 0 Å². The normalized spacial score (nSPS) is 12.0. The first-order chi connectivity index (χ1) is 12.1. The molecule has 0 radical (unpaired) electrons. The number of hydrogen-bond acceptors (Lipinski definition) is 2. The summed E-state index contributed by atoms with van der Waals surface area (Å²) in [5.74, 6) is -0.430. The predicted molar refractivity (Wildman–Crippen MR) is 102 cm³/mol. The molecular formula is C20H31N3O2. The molecule has 0 fully saturated rings. The van der Waals surface area contributed by atoms with E-state index >= 15 is 0 Å². The van der Waals surface area contributed by atoms with Crippen LogP contribution in [0.4, 0.5) is 4.79 Å². The third-order valence-electron chi connectivity index (χ3n) is 3.86. The average Bonchev–Trinajstić information content (AvgIpc) is 2.59. The van der Waals surface area contributed by atoms with Gasteiger partial charge in [0, 0.05) is 6.54 Å². The van der Waals surface area contributed by atoms with E-state index in [9.17, 15) is 9.59 Å². The number of hydrogen-bond donors (Lipinski definition) is 3. The second-order valence-electron chi connectivity index (χ2n) is 6.19. The lowest BCUT2D eigenvalue weighted by Crippen LogP contribution is -2.43. The van der Waals surface area contributed by atoms with E-state index in [2.05, 4.69) is 29.7 Å². The van der Waals surface area contributed by atoms with Crippen LogP contribution in [0.3, 0.4) is 0 Å². The summed E-state index contributed by atoms with van der Waals surface area (Å²) in [5, 5.41) is 5.63. The second-order valence-corrected chi connectivity index (χ2v) is 6.19. The van der Waals surface area contributed by atoms with Gasteiger partial charge in [-0.15, -0.1) is 0 Å². The van der Waals surface area contributed by atoms with Crippen molar-refractivity contribution >= 4 is 11.9 Å². The highest BCUT2D eigenvalue weighted by atomic mass is 16.2. The Kier molecular flexibility index (Phi) is 10.8. The van der Waals surface area contributed by atoms with Crippen molar-refractivity contribution < 1.29 is 9.59 Å². The first-order valence-electron chi connectivity index (χ1n) is 9.15. The summed E-state index contributed by atoms with van der Waals surface area (Å²) in [5.41, 5.74) is 6.54. The summed E-state index contributed by atoms with van der Waals surface area (Å²) >= 11 is 0. The van der Waals surface area contributed by atoms with Gasteiger partial charge in [-0.05, 0) is 24.8 Å². The molecule has 5 nitrogen and oxygen atoms in total. The lowest BCUT2D eigenvalue weighted by Gasteiger charge is -2.14. The molecule has 0 unspecified atom stereocenters. The highest BCUT2D eigenvalue weighted by Crippen LogP contribution is 2.04. The van der Waals surface area contributed by atoms with Crippen molar-refractivity contribution in [2.75, 3.05) is 6.54 Å². The molecule has 1 rings (SSSR count). The van der Waals surface area contributed by atoms with Gasteiger partial charge in [-0.2, -0.15) is 0 Å². The summed E-state index contributed by atoms with van der Waals surface area (Å²) < 4.78 is 0. The van der Waals surface area contributed by atoms with Crippen LogP contribution in [0.2, 0.25) is 0 Å². The first kappa shape index (κ1) is 20.7. The van der Waals surface area contributed by atoms with E-state index in [1.807, 2.05) is 30.4 Å². The van der Waals surface area contributed by atoms with Crippen molar-refractivity contribution in [3.8, 4) is 0 Å². The maximum Gasteiger partial charge on any atom is 0.315 e. The number of nitrogens with two attached hydrogens (primary N) is 1. The molecule has 1 atom stereocenters. The average molecular weight is 345 g/mol. The standard InChI is InChI=1S/C20H31N3O2/c1-2-3-4-10-15-22-20(25)23-18(16-19(21)24)14-9-8-13-17-11-6-5-7-12-17/h5-7,9,11-12,14,18H,2-4,8,10,13,15-16H2,1H3,(H2,21,24)(H2,22,23,25)/b14-9+/t18-/m0/s1. The number of unbranched alkanes of at least 4 members (excludes halogenated alkanes) is 3. The molecule has 0 bridgehead atoms. The van der Waals surface area contributed by atoms with Crippen LogP contribution in [-0.2, 0) is 11.2 Å². The fourth-order valence-electron chi connectivity index (χ4n) is 2.51. The van der Waals surface area contributed by atoms with Gasteiger partial charge >= 0.3 is 6.03 Å². The van der Waals surface area contributed by atoms with Gasteiger partial charge in [0.05, 0.1) is 12.5 Å². The largest absolute Gasteiger partial charge is 0.370 e. The van der Waals surface area contributed by atoms with Crippen molar-refractivity contribution in [3.05, 3.63) is 48.0 Å². The molecule has 3 amide bonds. The number of primary amides is 1. The highest BCUT2D eigenvalue weighted by molar-refractivity contribution is 5.78. The van der Waals surface area contributed by atoms with Crippen LogP contribution in [0.1, 0.15) is 51.0 Å². The number of benzene rings is 1. The molecule has 0 aliphatic rings. The molecule has 1 aromatic rings. The number of nitrogens with one attached hydrogen (secondary N) is 2. The van der Waals surface area contributed by atoms with Crippen LogP contribution in [-0.4, -0.2) is 24.5 Å². The van der Waals surface area contributed by atoms with Crippen LogP contribution in [0, 0.1) is 0 Å². The molecule has 0 aliphatic carbocycles. The van der Waals surface area contributed by atoms with Crippen LogP contribution >= 0.6 is 0 Å². The SMILES string of the molecule is CCCCCCNC(=O)N[C@@H](/C=C/CCc1ccccc1)CC(N)=O. The maximum atomic E-state index is 11.9. The third kappa shape index (κ3) is 11.0. The van der Waals surface area contributed by atoms with Gasteiger partial charge in [-0.25, -0.2) is 4.79 Å². The molecular weight excluding hydrogens is 314 g/mol.